The Labute approximate surface area is 152 Å². The number of halogens is 1. The molecule has 1 fully saturated rings. The minimum absolute atomic E-state index is 0.0575. The molecular weight excluding hydrogens is 335 g/mol. The summed E-state index contributed by atoms with van der Waals surface area (Å²) in [6, 6.07) is 3.01. The second kappa shape index (κ2) is 7.23. The Hall–Kier alpha value is -2.77. The van der Waals surface area contributed by atoms with Gasteiger partial charge in [0, 0.05) is 50.7 Å². The molecule has 0 aromatic carbocycles. The van der Waals surface area contributed by atoms with Gasteiger partial charge in [0.1, 0.15) is 5.82 Å². The first-order chi connectivity index (χ1) is 12.4. The van der Waals surface area contributed by atoms with Crippen LogP contribution in [0.15, 0.2) is 18.3 Å². The number of carbonyl (C=O) groups is 1. The highest BCUT2D eigenvalue weighted by Crippen LogP contribution is 2.25. The average Bonchev–Trinajstić information content (AvgIpc) is 3.06. The van der Waals surface area contributed by atoms with Crippen LogP contribution in [0, 0.1) is 19.7 Å². The molecule has 1 amide bonds. The maximum atomic E-state index is 13.8. The van der Waals surface area contributed by atoms with Gasteiger partial charge in [-0.2, -0.15) is 0 Å². The SMILES string of the molecule is Cc1nc(C(=O)N(C)C)nc(N2CC[C@@H](Nc3ncccc3F)C2)c1C. The maximum Gasteiger partial charge on any atom is 0.291 e. The van der Waals surface area contributed by atoms with Crippen LogP contribution < -0.4 is 10.2 Å². The lowest BCUT2D eigenvalue weighted by atomic mass is 10.2. The summed E-state index contributed by atoms with van der Waals surface area (Å²) in [5.41, 5.74) is 1.73. The molecule has 0 radical (unpaired) electrons. The van der Waals surface area contributed by atoms with Gasteiger partial charge in [-0.1, -0.05) is 0 Å². The molecule has 0 aliphatic carbocycles. The molecule has 26 heavy (non-hydrogen) atoms. The Morgan fingerprint density at radius 3 is 2.81 bits per heavy atom. The first-order valence-corrected chi connectivity index (χ1v) is 8.55. The molecule has 1 atom stereocenters. The lowest BCUT2D eigenvalue weighted by Crippen LogP contribution is -2.30. The van der Waals surface area contributed by atoms with E-state index in [0.29, 0.717) is 6.54 Å². The molecule has 3 rings (SSSR count). The van der Waals surface area contributed by atoms with Crippen molar-refractivity contribution < 1.29 is 9.18 Å². The predicted molar refractivity (Wildman–Crippen MR) is 98.0 cm³/mol. The molecule has 2 aromatic heterocycles. The number of hydrogen-bond donors (Lipinski definition) is 1. The quantitative estimate of drug-likeness (QED) is 0.901. The van der Waals surface area contributed by atoms with Crippen molar-refractivity contribution in [2.45, 2.75) is 26.3 Å². The molecule has 2 aromatic rings. The van der Waals surface area contributed by atoms with Crippen LogP contribution in [0.4, 0.5) is 16.0 Å². The third kappa shape index (κ3) is 3.58. The predicted octanol–water partition coefficient (Wildman–Crippen LogP) is 2.02. The third-order valence-corrected chi connectivity index (χ3v) is 4.55. The van der Waals surface area contributed by atoms with E-state index in [1.807, 2.05) is 13.8 Å². The fourth-order valence-electron chi connectivity index (χ4n) is 2.97. The summed E-state index contributed by atoms with van der Waals surface area (Å²) in [5, 5.41) is 3.15. The summed E-state index contributed by atoms with van der Waals surface area (Å²) >= 11 is 0. The van der Waals surface area contributed by atoms with Gasteiger partial charge in [-0.3, -0.25) is 4.79 Å². The smallest absolute Gasteiger partial charge is 0.291 e. The van der Waals surface area contributed by atoms with Crippen LogP contribution in [0.25, 0.3) is 0 Å². The van der Waals surface area contributed by atoms with Crippen molar-refractivity contribution in [2.24, 2.45) is 0 Å². The van der Waals surface area contributed by atoms with Gasteiger partial charge in [0.25, 0.3) is 5.91 Å². The van der Waals surface area contributed by atoms with Crippen LogP contribution >= 0.6 is 0 Å². The minimum Gasteiger partial charge on any atom is -0.363 e. The fraction of sp³-hybridized carbons (Fsp3) is 0.444. The summed E-state index contributed by atoms with van der Waals surface area (Å²) < 4.78 is 13.8. The van der Waals surface area contributed by atoms with E-state index < -0.39 is 0 Å². The highest BCUT2D eigenvalue weighted by Gasteiger charge is 2.27. The molecule has 0 unspecified atom stereocenters. The Bertz CT molecular complexity index is 825. The number of anilines is 2. The van der Waals surface area contributed by atoms with Gasteiger partial charge in [-0.25, -0.2) is 19.3 Å². The number of aryl methyl sites for hydroxylation is 1. The van der Waals surface area contributed by atoms with E-state index in [-0.39, 0.29) is 29.4 Å². The third-order valence-electron chi connectivity index (χ3n) is 4.55. The normalized spacial score (nSPS) is 16.7. The van der Waals surface area contributed by atoms with Crippen LogP contribution in [0.3, 0.4) is 0 Å². The lowest BCUT2D eigenvalue weighted by Gasteiger charge is -2.22. The Balaban J connectivity index is 1.80. The van der Waals surface area contributed by atoms with Crippen molar-refractivity contribution in [1.82, 2.24) is 19.9 Å². The zero-order chi connectivity index (χ0) is 18.8. The maximum absolute atomic E-state index is 13.8. The van der Waals surface area contributed by atoms with Crippen molar-refractivity contribution in [3.05, 3.63) is 41.2 Å². The van der Waals surface area contributed by atoms with E-state index in [0.717, 1.165) is 30.0 Å². The van der Waals surface area contributed by atoms with Crippen molar-refractivity contribution >= 4 is 17.5 Å². The van der Waals surface area contributed by atoms with Crippen molar-refractivity contribution in [2.75, 3.05) is 37.4 Å². The van der Waals surface area contributed by atoms with Crippen LogP contribution in [-0.4, -0.2) is 59.0 Å². The van der Waals surface area contributed by atoms with Gasteiger partial charge in [0.05, 0.1) is 0 Å². The number of hydrogen-bond acceptors (Lipinski definition) is 6. The Morgan fingerprint density at radius 1 is 1.35 bits per heavy atom. The summed E-state index contributed by atoms with van der Waals surface area (Å²) in [5.74, 6) is 0.629. The Morgan fingerprint density at radius 2 is 2.12 bits per heavy atom. The number of aromatic nitrogens is 3. The van der Waals surface area contributed by atoms with Crippen LogP contribution in [0.2, 0.25) is 0 Å². The van der Waals surface area contributed by atoms with Gasteiger partial charge in [-0.15, -0.1) is 0 Å². The minimum atomic E-state index is -0.362. The molecule has 1 saturated heterocycles. The van der Waals surface area contributed by atoms with E-state index in [1.54, 1.807) is 26.4 Å². The summed E-state index contributed by atoms with van der Waals surface area (Å²) in [7, 11) is 3.36. The first-order valence-electron chi connectivity index (χ1n) is 8.55. The molecule has 3 heterocycles. The van der Waals surface area contributed by atoms with Crippen molar-refractivity contribution in [3.8, 4) is 0 Å². The molecule has 0 bridgehead atoms. The molecule has 1 aliphatic heterocycles. The molecule has 1 aliphatic rings. The van der Waals surface area contributed by atoms with Gasteiger partial charge < -0.3 is 15.1 Å². The fourth-order valence-corrected chi connectivity index (χ4v) is 2.97. The summed E-state index contributed by atoms with van der Waals surface area (Å²) in [6.07, 6.45) is 2.39. The zero-order valence-electron chi connectivity index (χ0n) is 15.5. The average molecular weight is 358 g/mol. The van der Waals surface area contributed by atoms with E-state index in [2.05, 4.69) is 25.2 Å². The number of rotatable bonds is 4. The van der Waals surface area contributed by atoms with E-state index >= 15 is 0 Å². The number of pyridine rings is 1. The molecule has 1 N–H and O–H groups in total. The number of nitrogens with one attached hydrogen (secondary N) is 1. The summed E-state index contributed by atoms with van der Waals surface area (Å²) in [6.45, 7) is 5.25. The number of carbonyl (C=O) groups excluding carboxylic acids is 1. The Kier molecular flexibility index (Phi) is 5.01. The molecule has 138 valence electrons. The van der Waals surface area contributed by atoms with Gasteiger partial charge in [0.2, 0.25) is 5.82 Å². The summed E-state index contributed by atoms with van der Waals surface area (Å²) in [4.78, 5) is 28.7. The largest absolute Gasteiger partial charge is 0.363 e. The topological polar surface area (TPSA) is 74.2 Å². The number of amides is 1. The van der Waals surface area contributed by atoms with Gasteiger partial charge in [0.15, 0.2) is 11.6 Å². The lowest BCUT2D eigenvalue weighted by molar-refractivity contribution is 0.0815. The van der Waals surface area contributed by atoms with E-state index in [1.165, 1.54) is 11.0 Å². The van der Waals surface area contributed by atoms with Crippen molar-refractivity contribution in [3.63, 3.8) is 0 Å². The molecule has 7 nitrogen and oxygen atoms in total. The highest BCUT2D eigenvalue weighted by atomic mass is 19.1. The highest BCUT2D eigenvalue weighted by molar-refractivity contribution is 5.90. The van der Waals surface area contributed by atoms with Gasteiger partial charge >= 0.3 is 0 Å². The monoisotopic (exact) mass is 358 g/mol. The zero-order valence-corrected chi connectivity index (χ0v) is 15.5. The first kappa shape index (κ1) is 18.0. The molecule has 0 saturated carbocycles. The molecule has 8 heteroatoms. The standard InChI is InChI=1S/C18H23FN6O/c1-11-12(2)21-16(18(26)24(3)4)23-17(11)25-9-7-13(10-25)22-15-14(19)6-5-8-20-15/h5-6,8,13H,7,9-10H2,1-4H3,(H,20,22)/t13-/m1/s1. The second-order valence-electron chi connectivity index (χ2n) is 6.69. The van der Waals surface area contributed by atoms with Crippen LogP contribution in [0.5, 0.6) is 0 Å². The van der Waals surface area contributed by atoms with E-state index in [4.69, 9.17) is 0 Å². The molecule has 0 spiro atoms. The van der Waals surface area contributed by atoms with Crippen LogP contribution in [-0.2, 0) is 0 Å². The molecular formula is C18H23FN6O. The van der Waals surface area contributed by atoms with Crippen molar-refractivity contribution in [1.29, 1.82) is 0 Å². The van der Waals surface area contributed by atoms with Crippen LogP contribution in [0.1, 0.15) is 28.3 Å². The van der Waals surface area contributed by atoms with Gasteiger partial charge in [-0.05, 0) is 32.4 Å². The number of nitrogens with zero attached hydrogens (tertiary/aromatic N) is 5. The van der Waals surface area contributed by atoms with E-state index in [9.17, 15) is 9.18 Å². The second-order valence-corrected chi connectivity index (χ2v) is 6.69.